The summed E-state index contributed by atoms with van der Waals surface area (Å²) in [7, 11) is 0. The lowest BCUT2D eigenvalue weighted by atomic mass is 9.70. The minimum Gasteiger partial charge on any atom is -0.294 e. The predicted molar refractivity (Wildman–Crippen MR) is 116 cm³/mol. The minimum atomic E-state index is -0.301. The number of aromatic nitrogens is 2. The first-order valence-electron chi connectivity index (χ1n) is 10.1. The summed E-state index contributed by atoms with van der Waals surface area (Å²) in [4.78, 5) is 36.8. The van der Waals surface area contributed by atoms with E-state index in [0.29, 0.717) is 24.2 Å². The van der Waals surface area contributed by atoms with Crippen LogP contribution in [0.25, 0.3) is 0 Å². The molecular weight excluding hydrogens is 376 g/mol. The van der Waals surface area contributed by atoms with Crippen LogP contribution in [0.1, 0.15) is 50.8 Å². The predicted octanol–water partition coefficient (Wildman–Crippen LogP) is 4.96. The molecule has 2 aliphatic rings. The van der Waals surface area contributed by atoms with Gasteiger partial charge in [-0.3, -0.25) is 20.0 Å². The van der Waals surface area contributed by atoms with Crippen molar-refractivity contribution in [2.24, 2.45) is 5.41 Å². The van der Waals surface area contributed by atoms with Crippen LogP contribution in [0.5, 0.6) is 0 Å². The Labute approximate surface area is 176 Å². The lowest BCUT2D eigenvalue weighted by molar-refractivity contribution is -0.118. The van der Waals surface area contributed by atoms with Crippen molar-refractivity contribution >= 4 is 17.6 Å². The highest BCUT2D eigenvalue weighted by molar-refractivity contribution is 6.02. The second-order valence-electron chi connectivity index (χ2n) is 8.80. The number of Topliss-reactive ketones (excluding diaryl/α,β-unsaturated/α-hetero) is 1. The summed E-state index contributed by atoms with van der Waals surface area (Å²) < 4.78 is 0. The molecular formula is C24H26N4O2. The summed E-state index contributed by atoms with van der Waals surface area (Å²) in [5.41, 5.74) is 3.82. The van der Waals surface area contributed by atoms with Gasteiger partial charge >= 0.3 is 6.03 Å². The molecule has 154 valence electrons. The summed E-state index contributed by atoms with van der Waals surface area (Å²) >= 11 is 0. The average molecular weight is 402 g/mol. The van der Waals surface area contributed by atoms with Crippen molar-refractivity contribution in [2.75, 3.05) is 5.32 Å². The molecule has 0 radical (unpaired) electrons. The standard InChI is InChI=1S/C24H26N4O2/c1-15-7-5-9-21(26-15)27-23(30)28-16(2)11-18(17-8-6-10-25-14-17)22-19(28)12-24(3,4)13-20(22)29/h5-11,14,18H,12-13H2,1-4H3,(H,26,27,30). The van der Waals surface area contributed by atoms with Gasteiger partial charge in [0.1, 0.15) is 5.82 Å². The smallest absolute Gasteiger partial charge is 0.294 e. The van der Waals surface area contributed by atoms with E-state index in [0.717, 1.165) is 22.7 Å². The third-order valence-corrected chi connectivity index (χ3v) is 5.61. The van der Waals surface area contributed by atoms with Gasteiger partial charge in [-0.15, -0.1) is 0 Å². The van der Waals surface area contributed by atoms with E-state index in [4.69, 9.17) is 0 Å². The molecule has 1 N–H and O–H groups in total. The van der Waals surface area contributed by atoms with E-state index in [1.165, 1.54) is 0 Å². The first kappa shape index (κ1) is 20.0. The molecule has 0 fully saturated rings. The van der Waals surface area contributed by atoms with Crippen molar-refractivity contribution in [1.29, 1.82) is 0 Å². The SMILES string of the molecule is CC1=CC(c2cccnc2)C2=C(CC(C)(C)CC2=O)N1C(=O)Nc1cccc(C)n1. The highest BCUT2D eigenvalue weighted by Gasteiger charge is 2.42. The van der Waals surface area contributed by atoms with Crippen molar-refractivity contribution in [1.82, 2.24) is 14.9 Å². The van der Waals surface area contributed by atoms with E-state index < -0.39 is 0 Å². The van der Waals surface area contributed by atoms with Crippen LogP contribution in [-0.4, -0.2) is 26.7 Å². The number of allylic oxidation sites excluding steroid dienone is 4. The Hall–Kier alpha value is -3.28. The molecule has 2 aromatic heterocycles. The zero-order chi connectivity index (χ0) is 21.5. The number of nitrogens with one attached hydrogen (secondary N) is 1. The highest BCUT2D eigenvalue weighted by atomic mass is 16.2. The second kappa shape index (κ2) is 7.52. The van der Waals surface area contributed by atoms with Gasteiger partial charge in [-0.1, -0.05) is 32.1 Å². The summed E-state index contributed by atoms with van der Waals surface area (Å²) in [6.07, 6.45) is 6.60. The Balaban J connectivity index is 1.77. The maximum atomic E-state index is 13.3. The van der Waals surface area contributed by atoms with Crippen LogP contribution in [0.3, 0.4) is 0 Å². The molecule has 4 rings (SSSR count). The number of urea groups is 1. The monoisotopic (exact) mass is 402 g/mol. The van der Waals surface area contributed by atoms with Gasteiger partial charge in [-0.25, -0.2) is 9.78 Å². The third-order valence-electron chi connectivity index (χ3n) is 5.61. The fourth-order valence-electron chi connectivity index (χ4n) is 4.35. The van der Waals surface area contributed by atoms with Crippen LogP contribution in [0.2, 0.25) is 0 Å². The Morgan fingerprint density at radius 1 is 1.17 bits per heavy atom. The number of carbonyl (C=O) groups excluding carboxylic acids is 2. The maximum absolute atomic E-state index is 13.3. The summed E-state index contributed by atoms with van der Waals surface area (Å²) in [5, 5.41) is 2.89. The van der Waals surface area contributed by atoms with Crippen LogP contribution in [0, 0.1) is 12.3 Å². The van der Waals surface area contributed by atoms with Crippen LogP contribution in [-0.2, 0) is 4.79 Å². The number of carbonyl (C=O) groups is 2. The van der Waals surface area contributed by atoms with E-state index in [2.05, 4.69) is 29.1 Å². The zero-order valence-corrected chi connectivity index (χ0v) is 17.8. The number of nitrogens with zero attached hydrogens (tertiary/aromatic N) is 3. The molecule has 2 amide bonds. The maximum Gasteiger partial charge on any atom is 0.331 e. The topological polar surface area (TPSA) is 75.2 Å². The second-order valence-corrected chi connectivity index (χ2v) is 8.80. The van der Waals surface area contributed by atoms with Crippen molar-refractivity contribution in [3.05, 3.63) is 77.0 Å². The average Bonchev–Trinajstić information content (AvgIpc) is 2.66. The summed E-state index contributed by atoms with van der Waals surface area (Å²) in [6.45, 7) is 7.92. The Kier molecular flexibility index (Phi) is 5.02. The number of aryl methyl sites for hydroxylation is 1. The molecule has 0 aromatic carbocycles. The molecule has 6 heteroatoms. The number of pyridine rings is 2. The fraction of sp³-hybridized carbons (Fsp3) is 0.333. The van der Waals surface area contributed by atoms with Gasteiger partial charge in [-0.05, 0) is 49.4 Å². The van der Waals surface area contributed by atoms with Crippen molar-refractivity contribution in [3.63, 3.8) is 0 Å². The van der Waals surface area contributed by atoms with Crippen molar-refractivity contribution in [2.45, 2.75) is 46.5 Å². The van der Waals surface area contributed by atoms with Gasteiger partial charge in [-0.2, -0.15) is 0 Å². The van der Waals surface area contributed by atoms with Gasteiger partial charge in [0.25, 0.3) is 0 Å². The molecule has 0 spiro atoms. The Morgan fingerprint density at radius 2 is 1.97 bits per heavy atom. The van der Waals surface area contributed by atoms with Gasteiger partial charge in [0, 0.05) is 47.4 Å². The first-order valence-corrected chi connectivity index (χ1v) is 10.1. The van der Waals surface area contributed by atoms with E-state index in [9.17, 15) is 9.59 Å². The molecule has 1 aliphatic carbocycles. The van der Waals surface area contributed by atoms with E-state index in [1.54, 1.807) is 23.4 Å². The molecule has 1 unspecified atom stereocenters. The first-order chi connectivity index (χ1) is 14.2. The van der Waals surface area contributed by atoms with Gasteiger partial charge in [0.05, 0.1) is 0 Å². The van der Waals surface area contributed by atoms with Gasteiger partial charge in [0.2, 0.25) is 0 Å². The quantitative estimate of drug-likeness (QED) is 0.770. The molecule has 0 saturated carbocycles. The number of rotatable bonds is 2. The number of hydrogen-bond acceptors (Lipinski definition) is 4. The summed E-state index contributed by atoms with van der Waals surface area (Å²) in [6, 6.07) is 9.04. The fourth-order valence-corrected chi connectivity index (χ4v) is 4.35. The molecule has 0 bridgehead atoms. The summed E-state index contributed by atoms with van der Waals surface area (Å²) in [5.74, 6) is 0.384. The van der Waals surface area contributed by atoms with Crippen LogP contribution < -0.4 is 5.32 Å². The Morgan fingerprint density at radius 3 is 2.67 bits per heavy atom. The van der Waals surface area contributed by atoms with Crippen LogP contribution >= 0.6 is 0 Å². The number of amides is 2. The zero-order valence-electron chi connectivity index (χ0n) is 17.8. The lowest BCUT2D eigenvalue weighted by Crippen LogP contribution is -2.42. The largest absolute Gasteiger partial charge is 0.331 e. The van der Waals surface area contributed by atoms with Crippen molar-refractivity contribution < 1.29 is 9.59 Å². The highest BCUT2D eigenvalue weighted by Crippen LogP contribution is 2.47. The van der Waals surface area contributed by atoms with Crippen LogP contribution in [0.4, 0.5) is 10.6 Å². The molecule has 1 atom stereocenters. The van der Waals surface area contributed by atoms with Crippen LogP contribution in [0.15, 0.2) is 65.8 Å². The van der Waals surface area contributed by atoms with E-state index in [-0.39, 0.29) is 23.1 Å². The Bertz CT molecular complexity index is 1070. The molecule has 2 aromatic rings. The lowest BCUT2D eigenvalue weighted by Gasteiger charge is -2.42. The van der Waals surface area contributed by atoms with Gasteiger partial charge in [0.15, 0.2) is 5.78 Å². The number of ketones is 1. The van der Waals surface area contributed by atoms with Crippen molar-refractivity contribution in [3.8, 4) is 0 Å². The molecule has 30 heavy (non-hydrogen) atoms. The van der Waals surface area contributed by atoms with E-state index >= 15 is 0 Å². The molecule has 3 heterocycles. The third kappa shape index (κ3) is 3.77. The van der Waals surface area contributed by atoms with Gasteiger partial charge < -0.3 is 0 Å². The normalized spacial score (nSPS) is 20.5. The molecule has 6 nitrogen and oxygen atoms in total. The molecule has 1 aliphatic heterocycles. The number of hydrogen-bond donors (Lipinski definition) is 1. The number of anilines is 1. The molecule has 0 saturated heterocycles. The minimum absolute atomic E-state index is 0.0883. The van der Waals surface area contributed by atoms with E-state index in [1.807, 2.05) is 44.2 Å².